The highest BCUT2D eigenvalue weighted by atomic mass is 35.5. The Morgan fingerprint density at radius 2 is 2.07 bits per heavy atom. The topological polar surface area (TPSA) is 86.8 Å². The van der Waals surface area contributed by atoms with Crippen molar-refractivity contribution in [2.75, 3.05) is 19.6 Å². The Hall–Kier alpha value is -2.08. The zero-order valence-electron chi connectivity index (χ0n) is 17.5. The Labute approximate surface area is 183 Å². The van der Waals surface area contributed by atoms with Crippen LogP contribution in [0, 0.1) is 5.92 Å². The molecule has 1 aliphatic heterocycles. The van der Waals surface area contributed by atoms with Crippen LogP contribution >= 0.6 is 11.6 Å². The van der Waals surface area contributed by atoms with Crippen LogP contribution in [-0.2, 0) is 12.0 Å². The summed E-state index contributed by atoms with van der Waals surface area (Å²) in [5.74, 6) is -0.222. The summed E-state index contributed by atoms with van der Waals surface area (Å²) in [5.41, 5.74) is 8.32. The average molecular weight is 431 g/mol. The third-order valence-electron chi connectivity index (χ3n) is 6.23. The van der Waals surface area contributed by atoms with Gasteiger partial charge >= 0.3 is 6.09 Å². The maximum absolute atomic E-state index is 12.1. The molecule has 0 aliphatic carbocycles. The first-order valence-electron chi connectivity index (χ1n) is 10.7. The number of carboxylic acid groups (broad SMARTS) is 1. The number of rotatable bonds is 7. The van der Waals surface area contributed by atoms with Crippen LogP contribution in [0.3, 0.4) is 0 Å². The number of likely N-dealkylation sites (tertiary alicyclic amines) is 1. The summed E-state index contributed by atoms with van der Waals surface area (Å²) in [6.07, 6.45) is 2.54. The quantitative estimate of drug-likeness (QED) is 0.583. The Balaban J connectivity index is 2.12. The zero-order chi connectivity index (χ0) is 21.7. The molecule has 0 spiro atoms. The highest BCUT2D eigenvalue weighted by Gasteiger charge is 2.42. The van der Waals surface area contributed by atoms with Crippen LogP contribution in [0.4, 0.5) is 4.79 Å². The van der Waals surface area contributed by atoms with Gasteiger partial charge in [-0.15, -0.1) is 0 Å². The highest BCUT2D eigenvalue weighted by Crippen LogP contribution is 2.45. The smallest absolute Gasteiger partial charge is 0.407 e. The third kappa shape index (κ3) is 4.64. The van der Waals surface area contributed by atoms with E-state index >= 15 is 0 Å². The van der Waals surface area contributed by atoms with E-state index < -0.39 is 11.7 Å². The number of carbonyl (C=O) groups is 1. The molecule has 2 aromatic rings. The van der Waals surface area contributed by atoms with Crippen molar-refractivity contribution in [2.45, 2.75) is 44.6 Å². The largest absolute Gasteiger partial charge is 0.465 e. The van der Waals surface area contributed by atoms with Crippen LogP contribution < -0.4 is 5.73 Å². The third-order valence-corrected chi connectivity index (χ3v) is 6.55. The summed E-state index contributed by atoms with van der Waals surface area (Å²) in [6, 6.07) is 13.8. The molecule has 4 N–H and O–H groups in total. The maximum atomic E-state index is 12.1. The molecule has 2 aromatic carbocycles. The number of aryl methyl sites for hydroxylation is 1. The van der Waals surface area contributed by atoms with E-state index in [-0.39, 0.29) is 5.92 Å². The van der Waals surface area contributed by atoms with E-state index in [1.165, 1.54) is 10.5 Å². The van der Waals surface area contributed by atoms with E-state index in [1.54, 1.807) is 0 Å². The van der Waals surface area contributed by atoms with Gasteiger partial charge in [0, 0.05) is 29.6 Å². The van der Waals surface area contributed by atoms with Gasteiger partial charge in [-0.2, -0.15) is 0 Å². The van der Waals surface area contributed by atoms with Gasteiger partial charge in [0.15, 0.2) is 0 Å². The first-order valence-corrected chi connectivity index (χ1v) is 11.1. The second-order valence-corrected chi connectivity index (χ2v) is 8.51. The monoisotopic (exact) mass is 430 g/mol. The summed E-state index contributed by atoms with van der Waals surface area (Å²) in [4.78, 5) is 13.0. The minimum Gasteiger partial charge on any atom is -0.465 e. The van der Waals surface area contributed by atoms with E-state index in [1.807, 2.05) is 30.3 Å². The van der Waals surface area contributed by atoms with Crippen molar-refractivity contribution in [2.24, 2.45) is 11.7 Å². The van der Waals surface area contributed by atoms with E-state index in [4.69, 9.17) is 17.3 Å². The molecule has 0 aromatic heterocycles. The number of nitrogens with two attached hydrogens (primary N) is 1. The molecule has 0 unspecified atom stereocenters. The van der Waals surface area contributed by atoms with Crippen LogP contribution in [0.1, 0.15) is 43.7 Å². The summed E-state index contributed by atoms with van der Waals surface area (Å²) in [7, 11) is 0. The number of nitrogens with zero attached hydrogens (tertiary/aromatic N) is 1. The molecule has 3 rings (SSSR count). The number of amides is 1. The molecule has 30 heavy (non-hydrogen) atoms. The molecular weight excluding hydrogens is 400 g/mol. The lowest BCUT2D eigenvalue weighted by atomic mass is 9.72. The summed E-state index contributed by atoms with van der Waals surface area (Å²) in [6.45, 7) is 3.36. The summed E-state index contributed by atoms with van der Waals surface area (Å²) >= 11 is 6.68. The predicted molar refractivity (Wildman–Crippen MR) is 121 cm³/mol. The fourth-order valence-electron chi connectivity index (χ4n) is 4.60. The normalized spacial score (nSPS) is 18.8. The molecule has 1 aliphatic rings. The van der Waals surface area contributed by atoms with E-state index in [2.05, 4.69) is 19.1 Å². The van der Waals surface area contributed by atoms with Crippen LogP contribution in [0.5, 0.6) is 0 Å². The fraction of sp³-hybridized carbons (Fsp3) is 0.458. The van der Waals surface area contributed by atoms with Crippen LogP contribution in [0.25, 0.3) is 11.1 Å². The van der Waals surface area contributed by atoms with Crippen molar-refractivity contribution in [3.63, 3.8) is 0 Å². The first-order chi connectivity index (χ1) is 14.4. The minimum atomic E-state index is -1.21. The van der Waals surface area contributed by atoms with Crippen LogP contribution in [0.15, 0.2) is 42.5 Å². The molecule has 162 valence electrons. The second kappa shape index (κ2) is 9.82. The lowest BCUT2D eigenvalue weighted by Crippen LogP contribution is -2.48. The predicted octanol–water partition coefficient (Wildman–Crippen LogP) is 4.89. The number of benzene rings is 2. The van der Waals surface area contributed by atoms with Gasteiger partial charge in [-0.1, -0.05) is 54.9 Å². The van der Waals surface area contributed by atoms with Gasteiger partial charge in [0.1, 0.15) is 0 Å². The number of aliphatic hydroxyl groups is 1. The van der Waals surface area contributed by atoms with E-state index in [0.717, 1.165) is 36.0 Å². The molecule has 1 amide bonds. The molecule has 2 atom stereocenters. The van der Waals surface area contributed by atoms with Crippen molar-refractivity contribution >= 4 is 17.7 Å². The van der Waals surface area contributed by atoms with Gasteiger partial charge in [-0.05, 0) is 61.4 Å². The van der Waals surface area contributed by atoms with Gasteiger partial charge in [0.05, 0.1) is 5.60 Å². The van der Waals surface area contributed by atoms with E-state index in [0.29, 0.717) is 37.5 Å². The number of halogens is 1. The SMILES string of the molecule is CCc1cccc(-c2c(Cl)cccc2[C@](O)(CCCN)[C@@H]2CCCN(C(=O)O)C2)c1. The molecule has 1 fully saturated rings. The zero-order valence-corrected chi connectivity index (χ0v) is 18.2. The Morgan fingerprint density at radius 3 is 2.77 bits per heavy atom. The minimum absolute atomic E-state index is 0.222. The van der Waals surface area contributed by atoms with Gasteiger partial charge in [-0.3, -0.25) is 0 Å². The Morgan fingerprint density at radius 1 is 1.30 bits per heavy atom. The van der Waals surface area contributed by atoms with Crippen molar-refractivity contribution in [1.82, 2.24) is 4.90 Å². The molecule has 6 heteroatoms. The average Bonchev–Trinajstić information content (AvgIpc) is 2.77. The molecule has 5 nitrogen and oxygen atoms in total. The molecule has 1 heterocycles. The van der Waals surface area contributed by atoms with Crippen LogP contribution in [0.2, 0.25) is 5.02 Å². The molecule has 0 bridgehead atoms. The molecule has 0 saturated carbocycles. The maximum Gasteiger partial charge on any atom is 0.407 e. The van der Waals surface area contributed by atoms with Gasteiger partial charge in [-0.25, -0.2) is 4.79 Å². The molecular formula is C24H31ClN2O3. The molecule has 1 saturated heterocycles. The second-order valence-electron chi connectivity index (χ2n) is 8.10. The fourth-order valence-corrected chi connectivity index (χ4v) is 4.88. The Bertz CT molecular complexity index is 889. The van der Waals surface area contributed by atoms with Gasteiger partial charge < -0.3 is 20.8 Å². The van der Waals surface area contributed by atoms with Crippen molar-refractivity contribution in [1.29, 1.82) is 0 Å². The standard InChI is InChI=1S/C24H31ClN2O3/c1-2-17-7-3-8-18(15-17)22-20(10-4-11-21(22)25)24(30,12-6-13-26)19-9-5-14-27(16-19)23(28)29/h3-4,7-8,10-11,15,19,30H,2,5-6,9,12-14,16,26H2,1H3,(H,28,29)/t19-,24+/m1/s1. The van der Waals surface area contributed by atoms with Crippen LogP contribution in [-0.4, -0.2) is 40.8 Å². The highest BCUT2D eigenvalue weighted by molar-refractivity contribution is 6.33. The lowest BCUT2D eigenvalue weighted by molar-refractivity contribution is -0.0567. The van der Waals surface area contributed by atoms with E-state index in [9.17, 15) is 15.0 Å². The van der Waals surface area contributed by atoms with Gasteiger partial charge in [0.2, 0.25) is 0 Å². The summed E-state index contributed by atoms with van der Waals surface area (Å²) in [5, 5.41) is 22.2. The van der Waals surface area contributed by atoms with Crippen molar-refractivity contribution < 1.29 is 15.0 Å². The van der Waals surface area contributed by atoms with Crippen molar-refractivity contribution in [3.8, 4) is 11.1 Å². The lowest BCUT2D eigenvalue weighted by Gasteiger charge is -2.43. The molecule has 0 radical (unpaired) electrons. The number of piperidine rings is 1. The van der Waals surface area contributed by atoms with Crippen molar-refractivity contribution in [3.05, 3.63) is 58.6 Å². The Kier molecular flexibility index (Phi) is 7.40. The summed E-state index contributed by atoms with van der Waals surface area (Å²) < 4.78 is 0. The number of hydrogen-bond acceptors (Lipinski definition) is 3. The number of hydrogen-bond donors (Lipinski definition) is 3. The van der Waals surface area contributed by atoms with Gasteiger partial charge in [0.25, 0.3) is 0 Å². The first kappa shape index (κ1) is 22.6.